The van der Waals surface area contributed by atoms with Crippen LogP contribution >= 0.6 is 27.5 Å². The van der Waals surface area contributed by atoms with E-state index in [1.165, 1.54) is 0 Å². The van der Waals surface area contributed by atoms with Gasteiger partial charge in [0.15, 0.2) is 0 Å². The van der Waals surface area contributed by atoms with Crippen molar-refractivity contribution in [2.45, 2.75) is 13.5 Å². The second-order valence-corrected chi connectivity index (χ2v) is 5.29. The maximum atomic E-state index is 13.7. The Morgan fingerprint density at radius 2 is 2.06 bits per heavy atom. The molecular formula is C14H12BrClFN. The van der Waals surface area contributed by atoms with Crippen molar-refractivity contribution in [2.75, 3.05) is 5.32 Å². The summed E-state index contributed by atoms with van der Waals surface area (Å²) in [5.41, 5.74) is 2.65. The zero-order valence-corrected chi connectivity index (χ0v) is 12.1. The molecule has 94 valence electrons. The van der Waals surface area contributed by atoms with Gasteiger partial charge < -0.3 is 5.32 Å². The molecular weight excluding hydrogens is 317 g/mol. The maximum absolute atomic E-state index is 13.7. The van der Waals surface area contributed by atoms with Crippen molar-refractivity contribution < 1.29 is 4.39 Å². The van der Waals surface area contributed by atoms with Gasteiger partial charge in [0.1, 0.15) is 5.82 Å². The number of nitrogens with one attached hydrogen (secondary N) is 1. The third-order valence-electron chi connectivity index (χ3n) is 2.69. The van der Waals surface area contributed by atoms with E-state index in [0.717, 1.165) is 15.7 Å². The van der Waals surface area contributed by atoms with Crippen molar-refractivity contribution in [3.8, 4) is 0 Å². The molecule has 0 unspecified atom stereocenters. The van der Waals surface area contributed by atoms with Crippen molar-refractivity contribution in [3.05, 3.63) is 62.8 Å². The van der Waals surface area contributed by atoms with Gasteiger partial charge in [0.25, 0.3) is 0 Å². The van der Waals surface area contributed by atoms with E-state index < -0.39 is 0 Å². The minimum atomic E-state index is -0.363. The third-order valence-corrected chi connectivity index (χ3v) is 3.83. The fourth-order valence-corrected chi connectivity index (χ4v) is 2.16. The molecule has 0 radical (unpaired) electrons. The number of hydrogen-bond donors (Lipinski definition) is 1. The van der Waals surface area contributed by atoms with Gasteiger partial charge in [-0.05, 0) is 30.7 Å². The molecule has 0 fully saturated rings. The Balaban J connectivity index is 2.11. The minimum absolute atomic E-state index is 0.152. The van der Waals surface area contributed by atoms with Crippen LogP contribution in [-0.2, 0) is 6.54 Å². The van der Waals surface area contributed by atoms with Gasteiger partial charge >= 0.3 is 0 Å². The summed E-state index contributed by atoms with van der Waals surface area (Å²) in [6.07, 6.45) is 0. The molecule has 1 nitrogen and oxygen atoms in total. The van der Waals surface area contributed by atoms with Crippen LogP contribution in [0.1, 0.15) is 11.1 Å². The summed E-state index contributed by atoms with van der Waals surface area (Å²) in [4.78, 5) is 0. The van der Waals surface area contributed by atoms with E-state index in [-0.39, 0.29) is 10.8 Å². The van der Waals surface area contributed by atoms with E-state index in [4.69, 9.17) is 11.6 Å². The average molecular weight is 329 g/mol. The van der Waals surface area contributed by atoms with Crippen LogP contribution in [0, 0.1) is 12.7 Å². The minimum Gasteiger partial charge on any atom is -0.381 e. The normalized spacial score (nSPS) is 10.4. The maximum Gasteiger partial charge on any atom is 0.146 e. The van der Waals surface area contributed by atoms with Gasteiger partial charge in [0, 0.05) is 22.3 Å². The van der Waals surface area contributed by atoms with E-state index in [2.05, 4.69) is 21.2 Å². The summed E-state index contributed by atoms with van der Waals surface area (Å²) < 4.78 is 14.7. The third kappa shape index (κ3) is 3.03. The van der Waals surface area contributed by atoms with Crippen LogP contribution in [0.15, 0.2) is 40.9 Å². The highest BCUT2D eigenvalue weighted by atomic mass is 79.9. The lowest BCUT2D eigenvalue weighted by molar-refractivity contribution is 0.613. The molecule has 2 rings (SSSR count). The first-order valence-corrected chi connectivity index (χ1v) is 6.68. The Hall–Kier alpha value is -1.06. The van der Waals surface area contributed by atoms with Crippen LogP contribution in [0.2, 0.25) is 5.02 Å². The van der Waals surface area contributed by atoms with Crippen LogP contribution < -0.4 is 5.32 Å². The molecule has 0 saturated carbocycles. The van der Waals surface area contributed by atoms with Gasteiger partial charge in [-0.3, -0.25) is 0 Å². The lowest BCUT2D eigenvalue weighted by Gasteiger charge is -2.09. The number of anilines is 1. The van der Waals surface area contributed by atoms with Gasteiger partial charge in [-0.2, -0.15) is 0 Å². The SMILES string of the molecule is Cc1ccc(NCc2cccc(Cl)c2F)cc1Br. The second-order valence-electron chi connectivity index (χ2n) is 4.03. The Labute approximate surface area is 119 Å². The topological polar surface area (TPSA) is 12.0 Å². The first kappa shape index (κ1) is 13.4. The highest BCUT2D eigenvalue weighted by Gasteiger charge is 2.05. The number of benzene rings is 2. The van der Waals surface area contributed by atoms with Gasteiger partial charge in [0.05, 0.1) is 5.02 Å². The van der Waals surface area contributed by atoms with Crippen molar-refractivity contribution in [3.63, 3.8) is 0 Å². The molecule has 0 aliphatic carbocycles. The quantitative estimate of drug-likeness (QED) is 0.820. The molecule has 0 spiro atoms. The number of aryl methyl sites for hydroxylation is 1. The first-order valence-electron chi connectivity index (χ1n) is 5.51. The van der Waals surface area contributed by atoms with Crippen molar-refractivity contribution in [1.82, 2.24) is 0 Å². The molecule has 2 aromatic carbocycles. The molecule has 0 atom stereocenters. The molecule has 0 amide bonds. The lowest BCUT2D eigenvalue weighted by atomic mass is 10.2. The molecule has 2 aromatic rings. The van der Waals surface area contributed by atoms with E-state index in [0.29, 0.717) is 12.1 Å². The summed E-state index contributed by atoms with van der Waals surface area (Å²) in [5, 5.41) is 3.32. The second kappa shape index (κ2) is 5.72. The fraction of sp³-hybridized carbons (Fsp3) is 0.143. The number of rotatable bonds is 3. The lowest BCUT2D eigenvalue weighted by Crippen LogP contribution is -2.02. The Morgan fingerprint density at radius 3 is 2.78 bits per heavy atom. The van der Waals surface area contributed by atoms with Crippen LogP contribution in [0.5, 0.6) is 0 Å². The molecule has 0 aliphatic rings. The van der Waals surface area contributed by atoms with Crippen LogP contribution in [0.25, 0.3) is 0 Å². The predicted octanol–water partition coefficient (Wildman–Crippen LogP) is 5.16. The molecule has 4 heteroatoms. The monoisotopic (exact) mass is 327 g/mol. The summed E-state index contributed by atoms with van der Waals surface area (Å²) in [7, 11) is 0. The first-order chi connectivity index (χ1) is 8.58. The molecule has 0 aliphatic heterocycles. The number of halogens is 3. The molecule has 0 heterocycles. The Bertz CT molecular complexity index is 572. The zero-order valence-electron chi connectivity index (χ0n) is 9.81. The zero-order chi connectivity index (χ0) is 13.1. The van der Waals surface area contributed by atoms with Crippen LogP contribution in [-0.4, -0.2) is 0 Å². The summed E-state index contributed by atoms with van der Waals surface area (Å²) in [5.74, 6) is -0.363. The van der Waals surface area contributed by atoms with Crippen molar-refractivity contribution >= 4 is 33.2 Å². The molecule has 0 aromatic heterocycles. The summed E-state index contributed by atoms with van der Waals surface area (Å²) >= 11 is 9.19. The molecule has 0 saturated heterocycles. The Kier molecular flexibility index (Phi) is 4.25. The number of hydrogen-bond acceptors (Lipinski definition) is 1. The van der Waals surface area contributed by atoms with Gasteiger partial charge in [-0.15, -0.1) is 0 Å². The fourth-order valence-electron chi connectivity index (χ4n) is 1.59. The summed E-state index contributed by atoms with van der Waals surface area (Å²) in [6, 6.07) is 10.9. The molecule has 1 N–H and O–H groups in total. The van der Waals surface area contributed by atoms with E-state index in [9.17, 15) is 4.39 Å². The molecule has 18 heavy (non-hydrogen) atoms. The van der Waals surface area contributed by atoms with E-state index in [1.54, 1.807) is 18.2 Å². The largest absolute Gasteiger partial charge is 0.381 e. The van der Waals surface area contributed by atoms with E-state index >= 15 is 0 Å². The van der Waals surface area contributed by atoms with Gasteiger partial charge in [-0.25, -0.2) is 4.39 Å². The van der Waals surface area contributed by atoms with Crippen molar-refractivity contribution in [2.24, 2.45) is 0 Å². The molecule has 0 bridgehead atoms. The van der Waals surface area contributed by atoms with Gasteiger partial charge in [-0.1, -0.05) is 45.7 Å². The van der Waals surface area contributed by atoms with Crippen LogP contribution in [0.3, 0.4) is 0 Å². The highest BCUT2D eigenvalue weighted by Crippen LogP contribution is 2.22. The van der Waals surface area contributed by atoms with Crippen molar-refractivity contribution in [1.29, 1.82) is 0 Å². The van der Waals surface area contributed by atoms with E-state index in [1.807, 2.05) is 25.1 Å². The van der Waals surface area contributed by atoms with Gasteiger partial charge in [0.2, 0.25) is 0 Å². The Morgan fingerprint density at radius 1 is 1.28 bits per heavy atom. The smallest absolute Gasteiger partial charge is 0.146 e. The predicted molar refractivity (Wildman–Crippen MR) is 77.6 cm³/mol. The standard InChI is InChI=1S/C14H12BrClFN/c1-9-5-6-11(7-12(9)15)18-8-10-3-2-4-13(16)14(10)17/h2-7,18H,8H2,1H3. The summed E-state index contributed by atoms with van der Waals surface area (Å²) in [6.45, 7) is 2.42. The highest BCUT2D eigenvalue weighted by molar-refractivity contribution is 9.10. The van der Waals surface area contributed by atoms with Crippen LogP contribution in [0.4, 0.5) is 10.1 Å². The average Bonchev–Trinajstić information content (AvgIpc) is 2.35.